The molecule has 0 spiro atoms. The fraction of sp³-hybridized carbons (Fsp3) is 0.444. The van der Waals surface area contributed by atoms with Gasteiger partial charge in [-0.3, -0.25) is 0 Å². The fourth-order valence-electron chi connectivity index (χ4n) is 1.45. The van der Waals surface area contributed by atoms with Crippen molar-refractivity contribution in [1.29, 1.82) is 0 Å². The first-order valence-corrected chi connectivity index (χ1v) is 5.33. The third-order valence-electron chi connectivity index (χ3n) is 2.31. The third-order valence-corrected chi connectivity index (χ3v) is 2.89. The van der Waals surface area contributed by atoms with E-state index in [0.29, 0.717) is 18.9 Å². The van der Waals surface area contributed by atoms with Crippen molar-refractivity contribution in [1.82, 2.24) is 4.98 Å². The standard InChI is InChI=1S/C9H8BrF3N2O/c10-7-1-5(9(11,12)13)2-14-8(7)15-3-6(16)4-15/h1-2,6,16H,3-4H2. The van der Waals surface area contributed by atoms with Crippen molar-refractivity contribution in [3.8, 4) is 0 Å². The first-order chi connectivity index (χ1) is 7.38. The lowest BCUT2D eigenvalue weighted by atomic mass is 10.1. The van der Waals surface area contributed by atoms with Gasteiger partial charge in [-0.2, -0.15) is 13.2 Å². The predicted octanol–water partition coefficient (Wildman–Crippen LogP) is 2.04. The molecule has 1 N–H and O–H groups in total. The summed E-state index contributed by atoms with van der Waals surface area (Å²) < 4.78 is 37.3. The Morgan fingerprint density at radius 1 is 1.44 bits per heavy atom. The molecule has 0 aromatic carbocycles. The molecule has 7 heteroatoms. The molecular formula is C9H8BrF3N2O. The Morgan fingerprint density at radius 3 is 2.50 bits per heavy atom. The van der Waals surface area contributed by atoms with Crippen molar-refractivity contribution < 1.29 is 18.3 Å². The maximum absolute atomic E-state index is 12.3. The van der Waals surface area contributed by atoms with Crippen molar-refractivity contribution in [2.75, 3.05) is 18.0 Å². The second-order valence-electron chi connectivity index (χ2n) is 3.59. The van der Waals surface area contributed by atoms with E-state index in [9.17, 15) is 13.2 Å². The largest absolute Gasteiger partial charge is 0.417 e. The molecule has 1 aromatic rings. The van der Waals surface area contributed by atoms with Crippen LogP contribution >= 0.6 is 15.9 Å². The van der Waals surface area contributed by atoms with Crippen LogP contribution in [0.15, 0.2) is 16.7 Å². The Labute approximate surface area is 98.0 Å². The first kappa shape index (κ1) is 11.7. The summed E-state index contributed by atoms with van der Waals surface area (Å²) in [5.74, 6) is 0.429. The molecule has 0 unspecified atom stereocenters. The van der Waals surface area contributed by atoms with E-state index in [-0.39, 0.29) is 4.47 Å². The molecule has 0 aliphatic carbocycles. The number of β-amino-alcohol motifs (C(OH)–C–C–N with tert-alkyl or cyclic N) is 1. The van der Waals surface area contributed by atoms with Gasteiger partial charge in [0, 0.05) is 19.3 Å². The van der Waals surface area contributed by atoms with Crippen molar-refractivity contribution in [2.24, 2.45) is 0 Å². The van der Waals surface area contributed by atoms with Crippen LogP contribution in [-0.2, 0) is 6.18 Å². The first-order valence-electron chi connectivity index (χ1n) is 4.53. The topological polar surface area (TPSA) is 36.4 Å². The van der Waals surface area contributed by atoms with Crippen LogP contribution in [0.4, 0.5) is 19.0 Å². The molecule has 2 rings (SSSR count). The van der Waals surface area contributed by atoms with Gasteiger partial charge in [0.05, 0.1) is 16.1 Å². The number of aliphatic hydroxyl groups excluding tert-OH is 1. The summed E-state index contributed by atoms with van der Waals surface area (Å²) in [5, 5.41) is 9.09. The van der Waals surface area contributed by atoms with Gasteiger partial charge >= 0.3 is 6.18 Å². The summed E-state index contributed by atoms with van der Waals surface area (Å²) in [4.78, 5) is 5.45. The Hall–Kier alpha value is -0.820. The van der Waals surface area contributed by atoms with E-state index in [2.05, 4.69) is 20.9 Å². The minimum atomic E-state index is -4.39. The summed E-state index contributed by atoms with van der Waals surface area (Å²) >= 11 is 3.05. The van der Waals surface area contributed by atoms with Crippen LogP contribution < -0.4 is 4.90 Å². The number of rotatable bonds is 1. The zero-order valence-electron chi connectivity index (χ0n) is 8.00. The minimum Gasteiger partial charge on any atom is -0.389 e. The highest BCUT2D eigenvalue weighted by atomic mass is 79.9. The average Bonchev–Trinajstić information content (AvgIpc) is 2.12. The molecule has 0 radical (unpaired) electrons. The van der Waals surface area contributed by atoms with E-state index in [1.807, 2.05) is 0 Å². The van der Waals surface area contributed by atoms with E-state index >= 15 is 0 Å². The van der Waals surface area contributed by atoms with Crippen LogP contribution in [0.5, 0.6) is 0 Å². The zero-order valence-corrected chi connectivity index (χ0v) is 9.59. The number of alkyl halides is 3. The minimum absolute atomic E-state index is 0.286. The van der Waals surface area contributed by atoms with E-state index in [1.54, 1.807) is 4.90 Å². The van der Waals surface area contributed by atoms with Crippen LogP contribution in [0.3, 0.4) is 0 Å². The monoisotopic (exact) mass is 296 g/mol. The fourth-order valence-corrected chi connectivity index (χ4v) is 2.05. The van der Waals surface area contributed by atoms with Gasteiger partial charge in [0.15, 0.2) is 0 Å². The van der Waals surface area contributed by atoms with Gasteiger partial charge in [0.1, 0.15) is 5.82 Å². The molecule has 0 amide bonds. The lowest BCUT2D eigenvalue weighted by Crippen LogP contribution is -2.51. The maximum Gasteiger partial charge on any atom is 0.417 e. The van der Waals surface area contributed by atoms with Gasteiger partial charge in [0.25, 0.3) is 0 Å². The molecule has 1 aromatic heterocycles. The van der Waals surface area contributed by atoms with Crippen LogP contribution in [0.25, 0.3) is 0 Å². The molecule has 0 saturated carbocycles. The molecule has 1 saturated heterocycles. The maximum atomic E-state index is 12.3. The number of anilines is 1. The van der Waals surface area contributed by atoms with E-state index in [0.717, 1.165) is 12.3 Å². The Kier molecular flexibility index (Phi) is 2.83. The van der Waals surface area contributed by atoms with E-state index in [1.165, 1.54) is 0 Å². The summed E-state index contributed by atoms with van der Waals surface area (Å²) in [5.41, 5.74) is -0.788. The number of halogens is 4. The highest BCUT2D eigenvalue weighted by Gasteiger charge is 2.33. The summed E-state index contributed by atoms with van der Waals surface area (Å²) in [6, 6.07) is 0.993. The second kappa shape index (κ2) is 3.89. The molecule has 1 aliphatic heterocycles. The summed E-state index contributed by atoms with van der Waals surface area (Å²) in [6.07, 6.45) is -4.01. The number of aromatic nitrogens is 1. The van der Waals surface area contributed by atoms with Crippen LogP contribution in [0.1, 0.15) is 5.56 Å². The van der Waals surface area contributed by atoms with Crippen molar-refractivity contribution in [2.45, 2.75) is 12.3 Å². The predicted molar refractivity (Wildman–Crippen MR) is 55.2 cm³/mol. The van der Waals surface area contributed by atoms with Gasteiger partial charge in [-0.15, -0.1) is 0 Å². The third kappa shape index (κ3) is 2.15. The molecule has 16 heavy (non-hydrogen) atoms. The molecule has 0 atom stereocenters. The normalized spacial score (nSPS) is 17.4. The SMILES string of the molecule is OC1CN(c2ncc(C(F)(F)F)cc2Br)C1. The van der Waals surface area contributed by atoms with Crippen molar-refractivity contribution >= 4 is 21.7 Å². The van der Waals surface area contributed by atoms with Gasteiger partial charge < -0.3 is 10.0 Å². The van der Waals surface area contributed by atoms with Gasteiger partial charge in [-0.1, -0.05) is 0 Å². The van der Waals surface area contributed by atoms with E-state index < -0.39 is 17.8 Å². The summed E-state index contributed by atoms with van der Waals surface area (Å²) in [7, 11) is 0. The van der Waals surface area contributed by atoms with Gasteiger partial charge in [0.2, 0.25) is 0 Å². The Morgan fingerprint density at radius 2 is 2.06 bits per heavy atom. The molecule has 0 bridgehead atoms. The molecule has 1 fully saturated rings. The number of aliphatic hydroxyl groups is 1. The van der Waals surface area contributed by atoms with Crippen LogP contribution in [-0.4, -0.2) is 29.3 Å². The highest BCUT2D eigenvalue weighted by molar-refractivity contribution is 9.10. The molecular weight excluding hydrogens is 289 g/mol. The quantitative estimate of drug-likeness (QED) is 0.862. The number of hydrogen-bond donors (Lipinski definition) is 1. The number of nitrogens with zero attached hydrogens (tertiary/aromatic N) is 2. The Bertz CT molecular complexity index is 404. The second-order valence-corrected chi connectivity index (χ2v) is 4.44. The number of pyridine rings is 1. The molecule has 3 nitrogen and oxygen atoms in total. The van der Waals surface area contributed by atoms with Gasteiger partial charge in [-0.25, -0.2) is 4.98 Å². The van der Waals surface area contributed by atoms with Crippen molar-refractivity contribution in [3.05, 3.63) is 22.3 Å². The molecule has 2 heterocycles. The van der Waals surface area contributed by atoms with E-state index in [4.69, 9.17) is 5.11 Å². The average molecular weight is 297 g/mol. The molecule has 88 valence electrons. The zero-order chi connectivity index (χ0) is 11.9. The summed E-state index contributed by atoms with van der Waals surface area (Å²) in [6.45, 7) is 0.800. The molecule has 1 aliphatic rings. The lowest BCUT2D eigenvalue weighted by Gasteiger charge is -2.37. The van der Waals surface area contributed by atoms with Crippen molar-refractivity contribution in [3.63, 3.8) is 0 Å². The lowest BCUT2D eigenvalue weighted by molar-refractivity contribution is -0.137. The smallest absolute Gasteiger partial charge is 0.389 e. The Balaban J connectivity index is 2.24. The van der Waals surface area contributed by atoms with Crippen LogP contribution in [0, 0.1) is 0 Å². The highest BCUT2D eigenvalue weighted by Crippen LogP contribution is 2.34. The number of hydrogen-bond acceptors (Lipinski definition) is 3. The van der Waals surface area contributed by atoms with Crippen LogP contribution in [0.2, 0.25) is 0 Å². The van der Waals surface area contributed by atoms with Gasteiger partial charge in [-0.05, 0) is 22.0 Å².